The van der Waals surface area contributed by atoms with Crippen LogP contribution >= 0.6 is 12.4 Å². The van der Waals surface area contributed by atoms with Crippen LogP contribution in [0.5, 0.6) is 0 Å². The second-order valence-corrected chi connectivity index (χ2v) is 5.35. The van der Waals surface area contributed by atoms with Crippen LogP contribution in [0.3, 0.4) is 0 Å². The molecule has 1 atom stereocenters. The van der Waals surface area contributed by atoms with E-state index in [4.69, 9.17) is 9.31 Å². The van der Waals surface area contributed by atoms with Crippen LogP contribution in [0.15, 0.2) is 12.2 Å². The molecule has 0 aromatic carbocycles. The Hall–Kier alpha value is -0.0251. The zero-order valence-corrected chi connectivity index (χ0v) is 11.3. The van der Waals surface area contributed by atoms with Crippen molar-refractivity contribution in [3.05, 3.63) is 12.2 Å². The van der Waals surface area contributed by atoms with E-state index < -0.39 is 0 Å². The summed E-state index contributed by atoms with van der Waals surface area (Å²) in [5.74, 6) is 0.288. The SMILES string of the molecule is CC1(C)OB(C2CC=CCN2)OC1(C)C.Cl. The highest BCUT2D eigenvalue weighted by Crippen LogP contribution is 2.37. The van der Waals surface area contributed by atoms with E-state index in [-0.39, 0.29) is 36.7 Å². The summed E-state index contributed by atoms with van der Waals surface area (Å²) in [4.78, 5) is 0. The first-order valence-electron chi connectivity index (χ1n) is 5.66. The molecule has 0 spiro atoms. The summed E-state index contributed by atoms with van der Waals surface area (Å²) in [5.41, 5.74) is -0.443. The lowest BCUT2D eigenvalue weighted by Crippen LogP contribution is -2.46. The molecule has 3 nitrogen and oxygen atoms in total. The molecule has 1 N–H and O–H groups in total. The van der Waals surface area contributed by atoms with Crippen molar-refractivity contribution in [1.82, 2.24) is 5.32 Å². The molecule has 1 fully saturated rings. The van der Waals surface area contributed by atoms with E-state index in [0.717, 1.165) is 13.0 Å². The first-order valence-corrected chi connectivity index (χ1v) is 5.66. The lowest BCUT2D eigenvalue weighted by Gasteiger charge is -2.32. The average molecular weight is 246 g/mol. The quantitative estimate of drug-likeness (QED) is 0.566. The number of halogens is 1. The van der Waals surface area contributed by atoms with Gasteiger partial charge in [0, 0.05) is 12.5 Å². The van der Waals surface area contributed by atoms with Crippen LogP contribution in [0.25, 0.3) is 0 Å². The Morgan fingerprint density at radius 3 is 2.12 bits per heavy atom. The third-order valence-electron chi connectivity index (χ3n) is 3.65. The van der Waals surface area contributed by atoms with Gasteiger partial charge in [-0.3, -0.25) is 0 Å². The van der Waals surface area contributed by atoms with Gasteiger partial charge in [0.25, 0.3) is 0 Å². The highest BCUT2D eigenvalue weighted by atomic mass is 35.5. The summed E-state index contributed by atoms with van der Waals surface area (Å²) in [5, 5.41) is 3.40. The van der Waals surface area contributed by atoms with E-state index >= 15 is 0 Å². The van der Waals surface area contributed by atoms with Crippen molar-refractivity contribution in [1.29, 1.82) is 0 Å². The first-order chi connectivity index (χ1) is 6.92. The average Bonchev–Trinajstić information content (AvgIpc) is 2.38. The lowest BCUT2D eigenvalue weighted by atomic mass is 9.75. The predicted octanol–water partition coefficient (Wildman–Crippen LogP) is 1.96. The van der Waals surface area contributed by atoms with Crippen LogP contribution in [-0.4, -0.2) is 30.8 Å². The summed E-state index contributed by atoms with van der Waals surface area (Å²) >= 11 is 0. The zero-order valence-electron chi connectivity index (χ0n) is 10.4. The van der Waals surface area contributed by atoms with Crippen molar-refractivity contribution in [2.24, 2.45) is 0 Å². The highest BCUT2D eigenvalue weighted by molar-refractivity contribution is 6.47. The molecule has 92 valence electrons. The second-order valence-electron chi connectivity index (χ2n) is 5.35. The van der Waals surface area contributed by atoms with Gasteiger partial charge in [0.2, 0.25) is 0 Å². The molecule has 5 heteroatoms. The van der Waals surface area contributed by atoms with Gasteiger partial charge in [-0.1, -0.05) is 12.2 Å². The van der Waals surface area contributed by atoms with Gasteiger partial charge in [-0.05, 0) is 34.1 Å². The number of rotatable bonds is 1. The molecular formula is C11H21BClNO2. The van der Waals surface area contributed by atoms with Gasteiger partial charge in [-0.2, -0.15) is 0 Å². The molecule has 0 bridgehead atoms. The Kier molecular flexibility index (Phi) is 4.11. The standard InChI is InChI=1S/C11H20BNO2.ClH/c1-10(2)11(3,4)15-12(14-10)9-7-5-6-8-13-9;/h5-6,9,13H,7-8H2,1-4H3;1H. The lowest BCUT2D eigenvalue weighted by molar-refractivity contribution is 0.00578. The summed E-state index contributed by atoms with van der Waals surface area (Å²) < 4.78 is 12.0. The summed E-state index contributed by atoms with van der Waals surface area (Å²) in [6, 6.07) is 0. The minimum atomic E-state index is -0.222. The molecular weight excluding hydrogens is 224 g/mol. The van der Waals surface area contributed by atoms with E-state index in [0.29, 0.717) is 0 Å². The van der Waals surface area contributed by atoms with Crippen LogP contribution in [0, 0.1) is 0 Å². The summed E-state index contributed by atoms with van der Waals surface area (Å²) in [6.45, 7) is 9.27. The minimum absolute atomic E-state index is 0. The molecule has 1 unspecified atom stereocenters. The van der Waals surface area contributed by atoms with Crippen molar-refractivity contribution in [2.75, 3.05) is 6.54 Å². The van der Waals surface area contributed by atoms with Crippen LogP contribution in [0.2, 0.25) is 0 Å². The van der Waals surface area contributed by atoms with Crippen molar-refractivity contribution < 1.29 is 9.31 Å². The number of hydrogen-bond donors (Lipinski definition) is 1. The van der Waals surface area contributed by atoms with E-state index in [9.17, 15) is 0 Å². The molecule has 2 heterocycles. The smallest absolute Gasteiger partial charge is 0.402 e. The molecule has 0 radical (unpaired) electrons. The second kappa shape index (κ2) is 4.69. The Balaban J connectivity index is 0.00000128. The molecule has 0 aromatic rings. The van der Waals surface area contributed by atoms with Gasteiger partial charge >= 0.3 is 7.12 Å². The maximum atomic E-state index is 5.98. The minimum Gasteiger partial charge on any atom is -0.402 e. The van der Waals surface area contributed by atoms with Gasteiger partial charge in [0.15, 0.2) is 0 Å². The molecule has 0 saturated carbocycles. The molecule has 2 rings (SSSR count). The molecule has 0 aliphatic carbocycles. The fourth-order valence-electron chi connectivity index (χ4n) is 1.89. The van der Waals surface area contributed by atoms with E-state index in [1.54, 1.807) is 0 Å². The maximum absolute atomic E-state index is 5.98. The third kappa shape index (κ3) is 2.45. The largest absolute Gasteiger partial charge is 0.476 e. The Morgan fingerprint density at radius 1 is 1.12 bits per heavy atom. The fraction of sp³-hybridized carbons (Fsp3) is 0.818. The van der Waals surface area contributed by atoms with Gasteiger partial charge in [-0.15, -0.1) is 12.4 Å². The van der Waals surface area contributed by atoms with E-state index in [1.807, 2.05) is 0 Å². The van der Waals surface area contributed by atoms with Crippen molar-refractivity contribution in [3.63, 3.8) is 0 Å². The van der Waals surface area contributed by atoms with E-state index in [2.05, 4.69) is 45.2 Å². The third-order valence-corrected chi connectivity index (χ3v) is 3.65. The molecule has 2 aliphatic heterocycles. The van der Waals surface area contributed by atoms with Crippen LogP contribution in [-0.2, 0) is 9.31 Å². The van der Waals surface area contributed by atoms with Crippen LogP contribution in [0.1, 0.15) is 34.1 Å². The van der Waals surface area contributed by atoms with Crippen molar-refractivity contribution >= 4 is 19.5 Å². The van der Waals surface area contributed by atoms with Gasteiger partial charge in [-0.25, -0.2) is 0 Å². The van der Waals surface area contributed by atoms with Crippen molar-refractivity contribution in [2.45, 2.75) is 51.3 Å². The Morgan fingerprint density at radius 2 is 1.69 bits per heavy atom. The molecule has 1 saturated heterocycles. The van der Waals surface area contributed by atoms with Crippen LogP contribution < -0.4 is 5.32 Å². The van der Waals surface area contributed by atoms with Crippen LogP contribution in [0.4, 0.5) is 0 Å². The fourth-order valence-corrected chi connectivity index (χ4v) is 1.89. The Bertz CT molecular complexity index is 265. The van der Waals surface area contributed by atoms with Gasteiger partial charge in [0.1, 0.15) is 0 Å². The molecule has 2 aliphatic rings. The summed E-state index contributed by atoms with van der Waals surface area (Å²) in [7, 11) is -0.125. The molecule has 0 amide bonds. The first kappa shape index (κ1) is 14.0. The molecule has 16 heavy (non-hydrogen) atoms. The summed E-state index contributed by atoms with van der Waals surface area (Å²) in [6.07, 6.45) is 5.31. The Labute approximate surface area is 105 Å². The van der Waals surface area contributed by atoms with E-state index in [1.165, 1.54) is 0 Å². The number of hydrogen-bond acceptors (Lipinski definition) is 3. The topological polar surface area (TPSA) is 30.5 Å². The zero-order chi connectivity index (χ0) is 11.1. The highest BCUT2D eigenvalue weighted by Gasteiger charge is 2.53. The molecule has 0 aromatic heterocycles. The van der Waals surface area contributed by atoms with Gasteiger partial charge < -0.3 is 14.6 Å². The van der Waals surface area contributed by atoms with Crippen molar-refractivity contribution in [3.8, 4) is 0 Å². The van der Waals surface area contributed by atoms with Gasteiger partial charge in [0.05, 0.1) is 11.2 Å². The predicted molar refractivity (Wildman–Crippen MR) is 68.9 cm³/mol. The maximum Gasteiger partial charge on any atom is 0.476 e. The normalized spacial score (nSPS) is 31.2. The monoisotopic (exact) mass is 245 g/mol. The number of nitrogens with one attached hydrogen (secondary N) is 1.